The Kier molecular flexibility index (Phi) is 6.34. The molecule has 7 heteroatoms. The number of aryl methyl sites for hydroxylation is 1. The first-order chi connectivity index (χ1) is 10.7. The fourth-order valence-corrected chi connectivity index (χ4v) is 3.43. The average molecular weight is 394 g/mol. The van der Waals surface area contributed by atoms with E-state index in [9.17, 15) is 8.42 Å². The lowest BCUT2D eigenvalue weighted by molar-refractivity contribution is 0.205. The van der Waals surface area contributed by atoms with Gasteiger partial charge in [0.15, 0.2) is 0 Å². The third kappa shape index (κ3) is 5.98. The van der Waals surface area contributed by atoms with E-state index in [1.807, 2.05) is 6.07 Å². The van der Waals surface area contributed by atoms with Gasteiger partial charge >= 0.3 is 0 Å². The topological polar surface area (TPSA) is 43.4 Å². The van der Waals surface area contributed by atoms with Gasteiger partial charge in [0.05, 0.1) is 6.26 Å². The molecule has 0 bridgehead atoms. The molecule has 0 radical (unpaired) electrons. The normalized spacial score (nSPS) is 13.0. The van der Waals surface area contributed by atoms with Gasteiger partial charge in [0.2, 0.25) is 0 Å². The van der Waals surface area contributed by atoms with E-state index in [2.05, 4.69) is 0 Å². The van der Waals surface area contributed by atoms with E-state index in [0.717, 1.165) is 17.4 Å². The van der Waals surface area contributed by atoms with E-state index in [1.165, 1.54) is 0 Å². The summed E-state index contributed by atoms with van der Waals surface area (Å²) >= 11 is 17.9. The Morgan fingerprint density at radius 2 is 1.61 bits per heavy atom. The fourth-order valence-electron chi connectivity index (χ4n) is 2.17. The zero-order chi connectivity index (χ0) is 17.0. The monoisotopic (exact) mass is 392 g/mol. The Labute approximate surface area is 151 Å². The highest BCUT2D eigenvalue weighted by molar-refractivity contribution is 7.86. The van der Waals surface area contributed by atoms with Crippen molar-refractivity contribution < 1.29 is 12.6 Å². The summed E-state index contributed by atoms with van der Waals surface area (Å²) in [5.41, 5.74) is 1.62. The van der Waals surface area contributed by atoms with E-state index in [0.29, 0.717) is 27.9 Å². The van der Waals surface area contributed by atoms with E-state index in [-0.39, 0.29) is 0 Å². The minimum absolute atomic E-state index is 0.454. The van der Waals surface area contributed by atoms with E-state index in [4.69, 9.17) is 39.0 Å². The van der Waals surface area contributed by atoms with Crippen LogP contribution < -0.4 is 0 Å². The van der Waals surface area contributed by atoms with Crippen LogP contribution in [0.15, 0.2) is 42.5 Å². The van der Waals surface area contributed by atoms with Gasteiger partial charge in [-0.1, -0.05) is 53.0 Å². The Hall–Kier alpha value is -0.780. The highest BCUT2D eigenvalue weighted by Crippen LogP contribution is 2.29. The molecule has 0 aliphatic heterocycles. The lowest BCUT2D eigenvalue weighted by Gasteiger charge is -2.17. The van der Waals surface area contributed by atoms with Gasteiger partial charge in [-0.2, -0.15) is 8.42 Å². The van der Waals surface area contributed by atoms with Gasteiger partial charge < -0.3 is 0 Å². The summed E-state index contributed by atoms with van der Waals surface area (Å²) in [6, 6.07) is 12.1. The molecule has 2 rings (SSSR count). The summed E-state index contributed by atoms with van der Waals surface area (Å²) in [6.07, 6.45) is 1.44. The summed E-state index contributed by atoms with van der Waals surface area (Å²) in [7, 11) is -3.59. The van der Waals surface area contributed by atoms with Crippen LogP contribution in [-0.2, 0) is 20.7 Å². The van der Waals surface area contributed by atoms with Crippen molar-refractivity contribution in [3.05, 3.63) is 68.7 Å². The Bertz CT molecular complexity index is 774. The van der Waals surface area contributed by atoms with Gasteiger partial charge in [0.25, 0.3) is 10.1 Å². The molecule has 2 aromatic carbocycles. The molecule has 0 fully saturated rings. The molecule has 2 aromatic rings. The van der Waals surface area contributed by atoms with Crippen LogP contribution in [0.25, 0.3) is 0 Å². The molecule has 0 saturated carbocycles. The molecule has 1 unspecified atom stereocenters. The van der Waals surface area contributed by atoms with Crippen LogP contribution in [0.5, 0.6) is 0 Å². The number of hydrogen-bond donors (Lipinski definition) is 0. The van der Waals surface area contributed by atoms with Crippen molar-refractivity contribution in [2.24, 2.45) is 0 Å². The van der Waals surface area contributed by atoms with Gasteiger partial charge in [0, 0.05) is 15.1 Å². The predicted molar refractivity (Wildman–Crippen MR) is 94.9 cm³/mol. The third-order valence-corrected chi connectivity index (χ3v) is 4.64. The average Bonchev–Trinajstić information content (AvgIpc) is 2.44. The number of hydrogen-bond acceptors (Lipinski definition) is 3. The zero-order valence-electron chi connectivity index (χ0n) is 12.3. The molecular formula is C16H15Cl3O3S. The maximum absolute atomic E-state index is 11.5. The Morgan fingerprint density at radius 3 is 2.17 bits per heavy atom. The van der Waals surface area contributed by atoms with Crippen molar-refractivity contribution in [2.45, 2.75) is 18.9 Å². The molecule has 1 atom stereocenters. The molecule has 23 heavy (non-hydrogen) atoms. The predicted octanol–water partition coefficient (Wildman–Crippen LogP) is 5.30. The van der Waals surface area contributed by atoms with E-state index < -0.39 is 16.2 Å². The highest BCUT2D eigenvalue weighted by Gasteiger charge is 2.18. The van der Waals surface area contributed by atoms with E-state index in [1.54, 1.807) is 36.4 Å². The van der Waals surface area contributed by atoms with Crippen molar-refractivity contribution in [2.75, 3.05) is 6.26 Å². The number of rotatable bonds is 6. The van der Waals surface area contributed by atoms with Gasteiger partial charge in [-0.3, -0.25) is 4.18 Å². The Morgan fingerprint density at radius 1 is 1.00 bits per heavy atom. The summed E-state index contributed by atoms with van der Waals surface area (Å²) in [4.78, 5) is 0. The minimum Gasteiger partial charge on any atom is -0.262 e. The number of benzene rings is 2. The first kappa shape index (κ1) is 18.6. The second-order valence-electron chi connectivity index (χ2n) is 5.11. The molecule has 124 valence electrons. The van der Waals surface area contributed by atoms with Crippen LogP contribution in [0.1, 0.15) is 23.7 Å². The SMILES string of the molecule is CS(=O)(=O)OC(CCc1ccc(Cl)cc1Cl)c1ccc(Cl)cc1. The molecule has 0 aromatic heterocycles. The molecule has 3 nitrogen and oxygen atoms in total. The molecular weight excluding hydrogens is 379 g/mol. The fraction of sp³-hybridized carbons (Fsp3) is 0.250. The summed E-state index contributed by atoms with van der Waals surface area (Å²) in [5.74, 6) is 0. The van der Waals surface area contributed by atoms with Gasteiger partial charge in [0.1, 0.15) is 6.10 Å². The van der Waals surface area contributed by atoms with Crippen molar-refractivity contribution in [1.82, 2.24) is 0 Å². The lowest BCUT2D eigenvalue weighted by Crippen LogP contribution is -2.11. The van der Waals surface area contributed by atoms with Crippen molar-refractivity contribution in [3.8, 4) is 0 Å². The van der Waals surface area contributed by atoms with Crippen LogP contribution in [0.4, 0.5) is 0 Å². The van der Waals surface area contributed by atoms with Gasteiger partial charge in [-0.25, -0.2) is 0 Å². The van der Waals surface area contributed by atoms with Crippen molar-refractivity contribution in [1.29, 1.82) is 0 Å². The smallest absolute Gasteiger partial charge is 0.262 e. The van der Waals surface area contributed by atoms with Crippen molar-refractivity contribution in [3.63, 3.8) is 0 Å². The van der Waals surface area contributed by atoms with Gasteiger partial charge in [-0.05, 0) is 48.2 Å². The molecule has 0 aliphatic carbocycles. The Balaban J connectivity index is 2.19. The maximum atomic E-state index is 11.5. The standard InChI is InChI=1S/C16H15Cl3O3S/c1-23(20,21)22-16(12-3-6-13(17)7-4-12)9-5-11-2-8-14(18)10-15(11)19/h2-4,6-8,10,16H,5,9H2,1H3. The van der Waals surface area contributed by atoms with E-state index >= 15 is 0 Å². The zero-order valence-corrected chi connectivity index (χ0v) is 15.4. The highest BCUT2D eigenvalue weighted by atomic mass is 35.5. The quantitative estimate of drug-likeness (QED) is 0.626. The van der Waals surface area contributed by atoms with Crippen LogP contribution >= 0.6 is 34.8 Å². The third-order valence-electron chi connectivity index (χ3n) is 3.22. The first-order valence-electron chi connectivity index (χ1n) is 6.82. The summed E-state index contributed by atoms with van der Waals surface area (Å²) < 4.78 is 28.2. The van der Waals surface area contributed by atoms with Crippen molar-refractivity contribution >= 4 is 44.9 Å². The second kappa shape index (κ2) is 7.86. The largest absolute Gasteiger partial charge is 0.264 e. The van der Waals surface area contributed by atoms with Crippen LogP contribution in [-0.4, -0.2) is 14.7 Å². The summed E-state index contributed by atoms with van der Waals surface area (Å²) in [6.45, 7) is 0. The van der Waals surface area contributed by atoms with Crippen LogP contribution in [0, 0.1) is 0 Å². The van der Waals surface area contributed by atoms with Crippen LogP contribution in [0.3, 0.4) is 0 Å². The molecule has 0 saturated heterocycles. The van der Waals surface area contributed by atoms with Gasteiger partial charge in [-0.15, -0.1) is 0 Å². The summed E-state index contributed by atoms with van der Waals surface area (Å²) in [5, 5.41) is 1.68. The molecule has 0 N–H and O–H groups in total. The molecule has 0 amide bonds. The molecule has 0 aliphatic rings. The maximum Gasteiger partial charge on any atom is 0.264 e. The second-order valence-corrected chi connectivity index (χ2v) is 8.00. The molecule has 0 spiro atoms. The number of halogens is 3. The molecule has 0 heterocycles. The minimum atomic E-state index is -3.59. The lowest BCUT2D eigenvalue weighted by atomic mass is 10.0. The van der Waals surface area contributed by atoms with Crippen LogP contribution in [0.2, 0.25) is 15.1 Å². The first-order valence-corrected chi connectivity index (χ1v) is 9.77.